The first-order valence-corrected chi connectivity index (χ1v) is 9.30. The van der Waals surface area contributed by atoms with Gasteiger partial charge in [-0.2, -0.15) is 0 Å². The molecule has 3 rings (SSSR count). The Hall–Kier alpha value is -2.57. The minimum atomic E-state index is -0.256. The van der Waals surface area contributed by atoms with Gasteiger partial charge >= 0.3 is 6.03 Å². The molecule has 0 aliphatic carbocycles. The predicted molar refractivity (Wildman–Crippen MR) is 110 cm³/mol. The van der Waals surface area contributed by atoms with Crippen molar-refractivity contribution in [1.29, 1.82) is 0 Å². The molecule has 2 amide bonds. The monoisotopic (exact) mass is 385 g/mol. The second-order valence-electron chi connectivity index (χ2n) is 6.61. The number of nitrogens with one attached hydrogen (secondary N) is 2. The molecule has 0 unspecified atom stereocenters. The van der Waals surface area contributed by atoms with Crippen LogP contribution < -0.4 is 10.6 Å². The molecule has 2 aromatic carbocycles. The van der Waals surface area contributed by atoms with Gasteiger partial charge in [0.1, 0.15) is 5.82 Å². The van der Waals surface area contributed by atoms with Crippen molar-refractivity contribution in [2.24, 2.45) is 0 Å². The van der Waals surface area contributed by atoms with Crippen LogP contribution >= 0.6 is 11.6 Å². The lowest BCUT2D eigenvalue weighted by Gasteiger charge is -2.14. The van der Waals surface area contributed by atoms with Crippen LogP contribution in [0.3, 0.4) is 0 Å². The van der Waals surface area contributed by atoms with Gasteiger partial charge in [0.2, 0.25) is 0 Å². The predicted octanol–water partition coefficient (Wildman–Crippen LogP) is 3.62. The number of rotatable bonds is 7. The summed E-state index contributed by atoms with van der Waals surface area (Å²) in [4.78, 5) is 19.0. The Bertz CT molecular complexity index is 922. The summed E-state index contributed by atoms with van der Waals surface area (Å²) in [5.41, 5.74) is 2.77. The summed E-state index contributed by atoms with van der Waals surface area (Å²) < 4.78 is 2.23. The average Bonchev–Trinajstić information content (AvgIpc) is 2.97. The van der Waals surface area contributed by atoms with E-state index in [9.17, 15) is 4.79 Å². The molecule has 0 atom stereocenters. The van der Waals surface area contributed by atoms with Crippen LogP contribution in [0.4, 0.5) is 10.5 Å². The number of benzene rings is 2. The number of amides is 2. The fourth-order valence-electron chi connectivity index (χ4n) is 2.90. The highest BCUT2D eigenvalue weighted by Crippen LogP contribution is 2.17. The fourth-order valence-corrected chi connectivity index (χ4v) is 3.09. The van der Waals surface area contributed by atoms with Crippen LogP contribution in [0.5, 0.6) is 0 Å². The third-order valence-corrected chi connectivity index (χ3v) is 4.46. The van der Waals surface area contributed by atoms with E-state index in [2.05, 4.69) is 40.3 Å². The topological polar surface area (TPSA) is 62.2 Å². The second kappa shape index (κ2) is 8.88. The molecule has 0 saturated heterocycles. The molecule has 0 bridgehead atoms. The summed E-state index contributed by atoms with van der Waals surface area (Å²) >= 11 is 5.93. The van der Waals surface area contributed by atoms with Crippen LogP contribution in [0.15, 0.2) is 48.5 Å². The lowest BCUT2D eigenvalue weighted by Crippen LogP contribution is -2.31. The molecule has 0 fully saturated rings. The van der Waals surface area contributed by atoms with E-state index < -0.39 is 0 Å². The summed E-state index contributed by atoms with van der Waals surface area (Å²) in [5.74, 6) is 0.973. The molecule has 1 heterocycles. The number of para-hydroxylation sites is 2. The maximum absolute atomic E-state index is 12.1. The summed E-state index contributed by atoms with van der Waals surface area (Å²) in [6.07, 6.45) is 0.658. The Balaban J connectivity index is 1.62. The molecule has 3 aromatic rings. The molecule has 7 heteroatoms. The van der Waals surface area contributed by atoms with E-state index in [4.69, 9.17) is 16.6 Å². The number of hydrogen-bond donors (Lipinski definition) is 2. The van der Waals surface area contributed by atoms with Crippen LogP contribution in [0.2, 0.25) is 5.02 Å². The first kappa shape index (κ1) is 19.2. The van der Waals surface area contributed by atoms with E-state index in [1.807, 2.05) is 18.2 Å². The van der Waals surface area contributed by atoms with Crippen molar-refractivity contribution >= 4 is 34.4 Å². The van der Waals surface area contributed by atoms with E-state index in [0.29, 0.717) is 23.7 Å². The van der Waals surface area contributed by atoms with E-state index >= 15 is 0 Å². The van der Waals surface area contributed by atoms with Crippen molar-refractivity contribution in [2.75, 3.05) is 32.5 Å². The van der Waals surface area contributed by atoms with Gasteiger partial charge < -0.3 is 20.1 Å². The highest BCUT2D eigenvalue weighted by molar-refractivity contribution is 6.30. The van der Waals surface area contributed by atoms with E-state index in [1.54, 1.807) is 24.3 Å². The number of imidazole rings is 1. The zero-order valence-electron chi connectivity index (χ0n) is 15.6. The van der Waals surface area contributed by atoms with Crippen molar-refractivity contribution in [1.82, 2.24) is 19.8 Å². The van der Waals surface area contributed by atoms with Crippen LogP contribution in [-0.4, -0.2) is 47.7 Å². The molecule has 6 nitrogen and oxygen atoms in total. The highest BCUT2D eigenvalue weighted by atomic mass is 35.5. The molecular weight excluding hydrogens is 362 g/mol. The number of halogens is 1. The number of fused-ring (bicyclic) bond motifs is 1. The van der Waals surface area contributed by atoms with Crippen LogP contribution in [0, 0.1) is 0 Å². The zero-order chi connectivity index (χ0) is 19.2. The van der Waals surface area contributed by atoms with Crippen molar-refractivity contribution in [3.8, 4) is 0 Å². The first-order valence-electron chi connectivity index (χ1n) is 8.92. The van der Waals surface area contributed by atoms with Gasteiger partial charge in [-0.05, 0) is 44.4 Å². The number of likely N-dealkylation sites (N-methyl/N-ethyl adjacent to an activating group) is 1. The summed E-state index contributed by atoms with van der Waals surface area (Å²) in [7, 11) is 4.11. The minimum Gasteiger partial charge on any atom is -0.337 e. The number of anilines is 1. The van der Waals surface area contributed by atoms with Crippen LogP contribution in [0.1, 0.15) is 5.82 Å². The third-order valence-electron chi connectivity index (χ3n) is 4.22. The largest absolute Gasteiger partial charge is 0.337 e. The van der Waals surface area contributed by atoms with Crippen LogP contribution in [0.25, 0.3) is 11.0 Å². The third kappa shape index (κ3) is 5.21. The summed E-state index contributed by atoms with van der Waals surface area (Å²) in [6.45, 7) is 2.28. The Labute approximate surface area is 164 Å². The zero-order valence-corrected chi connectivity index (χ0v) is 16.3. The van der Waals surface area contributed by atoms with Gasteiger partial charge in [0, 0.05) is 36.8 Å². The average molecular weight is 386 g/mol. The SMILES string of the molecule is CN(C)CCn1c(CCNC(=O)Nc2cccc(Cl)c2)nc2ccccc21. The number of aromatic nitrogens is 2. The molecule has 0 spiro atoms. The molecule has 27 heavy (non-hydrogen) atoms. The molecule has 1 aromatic heterocycles. The van der Waals surface area contributed by atoms with Crippen molar-refractivity contribution in [2.45, 2.75) is 13.0 Å². The van der Waals surface area contributed by atoms with Gasteiger partial charge in [0.25, 0.3) is 0 Å². The first-order chi connectivity index (χ1) is 13.0. The molecular formula is C20H24ClN5O. The summed E-state index contributed by atoms with van der Waals surface area (Å²) in [6, 6.07) is 14.9. The Morgan fingerprint density at radius 1 is 1.19 bits per heavy atom. The van der Waals surface area contributed by atoms with Gasteiger partial charge in [-0.15, -0.1) is 0 Å². The Kier molecular flexibility index (Phi) is 6.32. The van der Waals surface area contributed by atoms with Gasteiger partial charge in [-0.25, -0.2) is 9.78 Å². The molecule has 0 aliphatic heterocycles. The number of hydrogen-bond acceptors (Lipinski definition) is 3. The molecule has 142 valence electrons. The van der Waals surface area contributed by atoms with Gasteiger partial charge in [-0.3, -0.25) is 0 Å². The number of urea groups is 1. The molecule has 0 radical (unpaired) electrons. The maximum Gasteiger partial charge on any atom is 0.319 e. The molecule has 2 N–H and O–H groups in total. The number of carbonyl (C=O) groups excluding carboxylic acids is 1. The lowest BCUT2D eigenvalue weighted by atomic mass is 10.3. The highest BCUT2D eigenvalue weighted by Gasteiger charge is 2.11. The van der Waals surface area contributed by atoms with Gasteiger partial charge in [-0.1, -0.05) is 29.8 Å². The van der Waals surface area contributed by atoms with Crippen molar-refractivity contribution in [3.05, 3.63) is 59.4 Å². The van der Waals surface area contributed by atoms with Gasteiger partial charge in [0.05, 0.1) is 11.0 Å². The van der Waals surface area contributed by atoms with E-state index in [0.717, 1.165) is 29.9 Å². The second-order valence-corrected chi connectivity index (χ2v) is 7.05. The number of carbonyl (C=O) groups is 1. The minimum absolute atomic E-state index is 0.256. The van der Waals surface area contributed by atoms with Crippen LogP contribution in [-0.2, 0) is 13.0 Å². The standard InChI is InChI=1S/C20H24ClN5O/c1-25(2)12-13-26-18-9-4-3-8-17(18)24-19(26)10-11-22-20(27)23-16-7-5-6-15(21)14-16/h3-9,14H,10-13H2,1-2H3,(H2,22,23,27). The number of nitrogens with zero attached hydrogens (tertiary/aromatic N) is 3. The quantitative estimate of drug-likeness (QED) is 0.653. The maximum atomic E-state index is 12.1. The fraction of sp³-hybridized carbons (Fsp3) is 0.300. The summed E-state index contributed by atoms with van der Waals surface area (Å²) in [5, 5.41) is 6.25. The Morgan fingerprint density at radius 2 is 2.00 bits per heavy atom. The van der Waals surface area contributed by atoms with Crippen molar-refractivity contribution < 1.29 is 4.79 Å². The van der Waals surface area contributed by atoms with Gasteiger partial charge in [0.15, 0.2) is 0 Å². The van der Waals surface area contributed by atoms with E-state index in [-0.39, 0.29) is 6.03 Å². The van der Waals surface area contributed by atoms with E-state index in [1.165, 1.54) is 0 Å². The smallest absolute Gasteiger partial charge is 0.319 e. The normalized spacial score (nSPS) is 11.1. The molecule has 0 aliphatic rings. The Morgan fingerprint density at radius 3 is 2.78 bits per heavy atom. The lowest BCUT2D eigenvalue weighted by molar-refractivity contribution is 0.252. The van der Waals surface area contributed by atoms with Crippen molar-refractivity contribution in [3.63, 3.8) is 0 Å². The molecule has 0 saturated carbocycles.